The summed E-state index contributed by atoms with van der Waals surface area (Å²) in [5.74, 6) is 0.625. The van der Waals surface area contributed by atoms with Crippen LogP contribution in [0.4, 0.5) is 5.88 Å². The second-order valence-corrected chi connectivity index (χ2v) is 9.50. The summed E-state index contributed by atoms with van der Waals surface area (Å²) < 4.78 is 37.7. The normalized spacial score (nSPS) is 11.3. The van der Waals surface area contributed by atoms with Crippen LogP contribution in [0, 0.1) is 0 Å². The number of aromatic nitrogens is 1. The number of nitrogens with one attached hydrogen (secondary N) is 1. The maximum absolute atomic E-state index is 13.4. The van der Waals surface area contributed by atoms with E-state index >= 15 is 0 Å². The summed E-state index contributed by atoms with van der Waals surface area (Å²) in [6.45, 7) is 0.342. The van der Waals surface area contributed by atoms with E-state index in [0.29, 0.717) is 27.9 Å². The molecule has 0 bridgehead atoms. The van der Waals surface area contributed by atoms with Crippen LogP contribution in [0.5, 0.6) is 5.75 Å². The quantitative estimate of drug-likeness (QED) is 0.338. The van der Waals surface area contributed by atoms with Crippen molar-refractivity contribution in [3.05, 3.63) is 88.4 Å². The molecule has 0 saturated carbocycles. The van der Waals surface area contributed by atoms with Crippen molar-refractivity contribution < 1.29 is 17.6 Å². The van der Waals surface area contributed by atoms with Crippen molar-refractivity contribution in [1.29, 1.82) is 0 Å². The van der Waals surface area contributed by atoms with Gasteiger partial charge in [0, 0.05) is 11.6 Å². The molecule has 1 N–H and O–H groups in total. The predicted molar refractivity (Wildman–Crippen MR) is 124 cm³/mol. The molecule has 1 aromatic heterocycles. The highest BCUT2D eigenvalue weighted by Crippen LogP contribution is 2.36. The molecule has 0 fully saturated rings. The van der Waals surface area contributed by atoms with E-state index in [9.17, 15) is 8.42 Å². The Hall–Kier alpha value is -3.00. The molecule has 0 radical (unpaired) electrons. The Bertz CT molecular complexity index is 1340. The third-order valence-corrected chi connectivity index (χ3v) is 6.90. The van der Waals surface area contributed by atoms with Gasteiger partial charge in [-0.25, -0.2) is 8.42 Å². The van der Waals surface area contributed by atoms with Gasteiger partial charge in [0.15, 0.2) is 0 Å². The Morgan fingerprint density at radius 2 is 1.72 bits per heavy atom. The predicted octanol–water partition coefficient (Wildman–Crippen LogP) is 6.10. The summed E-state index contributed by atoms with van der Waals surface area (Å²) in [5, 5.41) is 3.55. The molecule has 0 unspecified atom stereocenters. The van der Waals surface area contributed by atoms with Crippen LogP contribution < -0.4 is 10.1 Å². The van der Waals surface area contributed by atoms with E-state index < -0.39 is 9.84 Å². The summed E-state index contributed by atoms with van der Waals surface area (Å²) in [5.41, 5.74) is 1.37. The van der Waals surface area contributed by atoms with Gasteiger partial charge in [-0.1, -0.05) is 53.5 Å². The number of methoxy groups -OCH3 is 1. The second-order valence-electron chi connectivity index (χ2n) is 6.80. The van der Waals surface area contributed by atoms with Crippen molar-refractivity contribution in [1.82, 2.24) is 4.98 Å². The molecule has 4 rings (SSSR count). The average Bonchev–Trinajstić information content (AvgIpc) is 3.23. The zero-order chi connectivity index (χ0) is 22.7. The van der Waals surface area contributed by atoms with Crippen LogP contribution in [-0.4, -0.2) is 20.5 Å². The molecule has 3 aromatic carbocycles. The van der Waals surface area contributed by atoms with E-state index in [1.165, 1.54) is 25.3 Å². The lowest BCUT2D eigenvalue weighted by Crippen LogP contribution is -2.07. The average molecular weight is 489 g/mol. The van der Waals surface area contributed by atoms with Crippen molar-refractivity contribution in [2.45, 2.75) is 16.5 Å². The van der Waals surface area contributed by atoms with Gasteiger partial charge in [0.1, 0.15) is 5.75 Å². The van der Waals surface area contributed by atoms with Crippen LogP contribution in [0.1, 0.15) is 5.56 Å². The van der Waals surface area contributed by atoms with Gasteiger partial charge in [-0.05, 0) is 48.0 Å². The Labute approximate surface area is 195 Å². The maximum atomic E-state index is 13.4. The molecule has 0 atom stereocenters. The Balaban J connectivity index is 1.78. The van der Waals surface area contributed by atoms with Gasteiger partial charge < -0.3 is 14.5 Å². The van der Waals surface area contributed by atoms with E-state index in [4.69, 9.17) is 32.4 Å². The second kappa shape index (κ2) is 9.24. The lowest BCUT2D eigenvalue weighted by Gasteiger charge is -2.07. The molecule has 0 saturated heterocycles. The van der Waals surface area contributed by atoms with Gasteiger partial charge in [-0.2, -0.15) is 4.98 Å². The van der Waals surface area contributed by atoms with Crippen LogP contribution in [-0.2, 0) is 16.4 Å². The van der Waals surface area contributed by atoms with E-state index in [1.807, 2.05) is 30.3 Å². The zero-order valence-corrected chi connectivity index (χ0v) is 19.2. The third-order valence-electron chi connectivity index (χ3n) is 4.68. The summed E-state index contributed by atoms with van der Waals surface area (Å²) in [4.78, 5) is 4.36. The molecule has 164 valence electrons. The van der Waals surface area contributed by atoms with Gasteiger partial charge in [0.2, 0.25) is 26.6 Å². The SMILES string of the molecule is COc1ccc(S(=O)(=O)c2nc(-c3ccc(Cl)cc3Cl)oc2NCc2ccccc2)cc1. The van der Waals surface area contributed by atoms with E-state index in [2.05, 4.69) is 10.3 Å². The molecular weight excluding hydrogens is 471 g/mol. The number of sulfone groups is 1. The van der Waals surface area contributed by atoms with Crippen LogP contribution in [0.15, 0.2) is 87.1 Å². The molecule has 0 aliphatic heterocycles. The van der Waals surface area contributed by atoms with E-state index in [0.717, 1.165) is 5.56 Å². The smallest absolute Gasteiger partial charge is 0.234 e. The fourth-order valence-corrected chi connectivity index (χ4v) is 4.79. The van der Waals surface area contributed by atoms with Gasteiger partial charge in [0.25, 0.3) is 0 Å². The van der Waals surface area contributed by atoms with Crippen molar-refractivity contribution >= 4 is 38.9 Å². The van der Waals surface area contributed by atoms with Crippen LogP contribution >= 0.6 is 23.2 Å². The Morgan fingerprint density at radius 1 is 1.00 bits per heavy atom. The number of ether oxygens (including phenoxy) is 1. The van der Waals surface area contributed by atoms with Crippen LogP contribution in [0.3, 0.4) is 0 Å². The monoisotopic (exact) mass is 488 g/mol. The topological polar surface area (TPSA) is 81.4 Å². The van der Waals surface area contributed by atoms with Crippen molar-refractivity contribution in [3.63, 3.8) is 0 Å². The van der Waals surface area contributed by atoms with Crippen molar-refractivity contribution in [2.24, 2.45) is 0 Å². The summed E-state index contributed by atoms with van der Waals surface area (Å²) in [7, 11) is -2.49. The molecule has 0 amide bonds. The first-order chi connectivity index (χ1) is 15.4. The molecule has 9 heteroatoms. The van der Waals surface area contributed by atoms with Gasteiger partial charge in [-0.15, -0.1) is 0 Å². The number of nitrogens with zero attached hydrogens (tertiary/aromatic N) is 1. The number of oxazole rings is 1. The van der Waals surface area contributed by atoms with Crippen LogP contribution in [0.25, 0.3) is 11.5 Å². The number of anilines is 1. The standard InChI is InChI=1S/C23H18Cl2N2O4S/c1-30-17-8-10-18(11-9-17)32(28,29)23-22(26-14-15-5-3-2-4-6-15)31-21(27-23)19-12-7-16(24)13-20(19)25/h2-13,26H,14H2,1H3. The van der Waals surface area contributed by atoms with Crippen LogP contribution in [0.2, 0.25) is 10.0 Å². The first-order valence-electron chi connectivity index (χ1n) is 9.51. The largest absolute Gasteiger partial charge is 0.497 e. The highest BCUT2D eigenvalue weighted by Gasteiger charge is 2.29. The minimum absolute atomic E-state index is 0.0192. The number of hydrogen-bond acceptors (Lipinski definition) is 6. The Morgan fingerprint density at radius 3 is 2.38 bits per heavy atom. The maximum Gasteiger partial charge on any atom is 0.234 e. The molecule has 0 aliphatic rings. The number of benzene rings is 3. The lowest BCUT2D eigenvalue weighted by molar-refractivity contribution is 0.414. The molecule has 0 spiro atoms. The van der Waals surface area contributed by atoms with Crippen molar-refractivity contribution in [3.8, 4) is 17.2 Å². The number of hydrogen-bond donors (Lipinski definition) is 1. The molecule has 0 aliphatic carbocycles. The first-order valence-corrected chi connectivity index (χ1v) is 11.8. The van der Waals surface area contributed by atoms with E-state index in [-0.39, 0.29) is 21.7 Å². The first kappa shape index (κ1) is 22.2. The molecule has 4 aromatic rings. The summed E-state index contributed by atoms with van der Waals surface area (Å²) in [6.07, 6.45) is 0. The molecular formula is C23H18Cl2N2O4S. The fraction of sp³-hybridized carbons (Fsp3) is 0.0870. The minimum Gasteiger partial charge on any atom is -0.497 e. The molecule has 32 heavy (non-hydrogen) atoms. The van der Waals surface area contributed by atoms with E-state index in [1.54, 1.807) is 24.3 Å². The zero-order valence-electron chi connectivity index (χ0n) is 16.9. The van der Waals surface area contributed by atoms with Crippen molar-refractivity contribution in [2.75, 3.05) is 12.4 Å². The minimum atomic E-state index is -4.00. The van der Waals surface area contributed by atoms with Gasteiger partial charge in [-0.3, -0.25) is 0 Å². The third kappa shape index (κ3) is 4.60. The summed E-state index contributed by atoms with van der Waals surface area (Å²) >= 11 is 12.3. The van der Waals surface area contributed by atoms with Gasteiger partial charge >= 0.3 is 0 Å². The lowest BCUT2D eigenvalue weighted by atomic mass is 10.2. The highest BCUT2D eigenvalue weighted by atomic mass is 35.5. The number of rotatable bonds is 7. The highest BCUT2D eigenvalue weighted by molar-refractivity contribution is 7.91. The molecule has 1 heterocycles. The Kier molecular flexibility index (Phi) is 6.41. The summed E-state index contributed by atoms with van der Waals surface area (Å²) in [6, 6.07) is 20.4. The van der Waals surface area contributed by atoms with Gasteiger partial charge in [0.05, 0.1) is 22.6 Å². The fourth-order valence-electron chi connectivity index (χ4n) is 3.02. The molecule has 6 nitrogen and oxygen atoms in total. The number of halogens is 2.